The molecule has 4 rings (SSSR count). The molecule has 5 heteroatoms. The van der Waals surface area contributed by atoms with E-state index in [1.54, 1.807) is 6.07 Å². The summed E-state index contributed by atoms with van der Waals surface area (Å²) >= 11 is 1.98. The highest BCUT2D eigenvalue weighted by Gasteiger charge is 2.10. The zero-order valence-electron chi connectivity index (χ0n) is 17.6. The molecule has 0 unspecified atom stereocenters. The molecule has 33 heavy (non-hydrogen) atoms. The van der Waals surface area contributed by atoms with Crippen molar-refractivity contribution < 1.29 is 14.0 Å². The first-order valence-corrected chi connectivity index (χ1v) is 11.7. The molecule has 0 saturated heterocycles. The van der Waals surface area contributed by atoms with Gasteiger partial charge in [0.15, 0.2) is 0 Å². The van der Waals surface area contributed by atoms with Crippen molar-refractivity contribution in [3.05, 3.63) is 110 Å². The Kier molecular flexibility index (Phi) is 6.92. The molecule has 2 nitrogen and oxygen atoms in total. The zero-order valence-corrected chi connectivity index (χ0v) is 19.2. The van der Waals surface area contributed by atoms with Gasteiger partial charge < -0.3 is 0 Å². The second-order valence-corrected chi connectivity index (χ2v) is 9.32. The van der Waals surface area contributed by atoms with Crippen molar-refractivity contribution >= 4 is 44.5 Å². The Balaban J connectivity index is 1.59. The quantitative estimate of drug-likeness (QED) is 0.212. The number of halogens is 1. The second-order valence-electron chi connectivity index (χ2n) is 7.20. The molecule has 0 aromatic heterocycles. The molecule has 0 amide bonds. The molecule has 4 aromatic rings. The van der Waals surface area contributed by atoms with Crippen LogP contribution in [0.2, 0.25) is 0 Å². The van der Waals surface area contributed by atoms with Crippen LogP contribution in [-0.2, 0) is 9.59 Å². The number of fused-ring (bicyclic) bond motifs is 1. The summed E-state index contributed by atoms with van der Waals surface area (Å²) in [5.74, 6) is -0.431. The van der Waals surface area contributed by atoms with Crippen LogP contribution in [0.5, 0.6) is 0 Å². The number of carbonyl (C=O) groups is 2. The van der Waals surface area contributed by atoms with Gasteiger partial charge in [0.1, 0.15) is 5.82 Å². The van der Waals surface area contributed by atoms with Gasteiger partial charge in [-0.3, -0.25) is 9.59 Å². The molecule has 0 bridgehead atoms. The van der Waals surface area contributed by atoms with E-state index in [2.05, 4.69) is 19.2 Å². The maximum absolute atomic E-state index is 14.5. The molecule has 0 aliphatic carbocycles. The van der Waals surface area contributed by atoms with Crippen LogP contribution in [0.1, 0.15) is 0 Å². The van der Waals surface area contributed by atoms with Gasteiger partial charge in [-0.1, -0.05) is 55.6 Å². The fourth-order valence-electron chi connectivity index (χ4n) is 3.39. The lowest BCUT2D eigenvalue weighted by Crippen LogP contribution is -1.89. The fraction of sp³-hybridized carbons (Fsp3) is 0. The van der Waals surface area contributed by atoms with Crippen molar-refractivity contribution in [1.29, 1.82) is 0 Å². The van der Waals surface area contributed by atoms with Crippen LogP contribution >= 0.6 is 23.5 Å². The third-order valence-electron chi connectivity index (χ3n) is 5.06. The number of benzene rings is 4. The van der Waals surface area contributed by atoms with Gasteiger partial charge in [-0.25, -0.2) is 4.39 Å². The molecule has 0 fully saturated rings. The van der Waals surface area contributed by atoms with E-state index >= 15 is 0 Å². The normalized spacial score (nSPS) is 10.7. The monoisotopic (exact) mass is 470 g/mol. The molecule has 0 spiro atoms. The number of hydrogen-bond acceptors (Lipinski definition) is 4. The lowest BCUT2D eigenvalue weighted by Gasteiger charge is -2.09. The van der Waals surface area contributed by atoms with E-state index in [0.717, 1.165) is 61.4 Å². The molecule has 4 aromatic carbocycles. The Bertz CT molecular complexity index is 1390. The summed E-state index contributed by atoms with van der Waals surface area (Å²) in [5.41, 5.74) is 3.77. The Morgan fingerprint density at radius 1 is 0.636 bits per heavy atom. The SMILES string of the molecule is C=CC(=O)Sc1ccc(-c2ccc3cc(-c4ccc(SC(=O)C=C)c(F)c4)ccc3c2)cc1. The predicted octanol–water partition coefficient (Wildman–Crippen LogP) is 7.92. The summed E-state index contributed by atoms with van der Waals surface area (Å²) in [6.07, 6.45) is 2.48. The van der Waals surface area contributed by atoms with Gasteiger partial charge >= 0.3 is 0 Å². The maximum atomic E-state index is 14.5. The van der Waals surface area contributed by atoms with Crippen LogP contribution in [0.25, 0.3) is 33.0 Å². The largest absolute Gasteiger partial charge is 0.282 e. The minimum atomic E-state index is -0.431. The highest BCUT2D eigenvalue weighted by Crippen LogP contribution is 2.32. The highest BCUT2D eigenvalue weighted by atomic mass is 32.2. The Hall–Kier alpha value is -3.41. The Labute approximate surface area is 200 Å². The van der Waals surface area contributed by atoms with E-state index in [9.17, 15) is 14.0 Å². The van der Waals surface area contributed by atoms with Gasteiger partial charge in [0.05, 0.1) is 4.90 Å². The lowest BCUT2D eigenvalue weighted by molar-refractivity contribution is -0.107. The topological polar surface area (TPSA) is 34.1 Å². The maximum Gasteiger partial charge on any atom is 0.216 e. The number of hydrogen-bond donors (Lipinski definition) is 0. The third-order valence-corrected chi connectivity index (χ3v) is 6.85. The van der Waals surface area contributed by atoms with Gasteiger partial charge in [0, 0.05) is 4.90 Å². The fourth-order valence-corrected chi connectivity index (χ4v) is 4.57. The van der Waals surface area contributed by atoms with Crippen LogP contribution in [0, 0.1) is 5.82 Å². The van der Waals surface area contributed by atoms with E-state index in [-0.39, 0.29) is 15.1 Å². The number of rotatable bonds is 6. The molecular formula is C28H19FO2S2. The van der Waals surface area contributed by atoms with E-state index in [4.69, 9.17) is 0 Å². The summed E-state index contributed by atoms with van der Waals surface area (Å²) < 4.78 is 14.5. The molecule has 0 aliphatic heterocycles. The van der Waals surface area contributed by atoms with Gasteiger partial charge in [0.25, 0.3) is 0 Å². The minimum absolute atomic E-state index is 0.0808. The van der Waals surface area contributed by atoms with Crippen LogP contribution in [0.3, 0.4) is 0 Å². The van der Waals surface area contributed by atoms with E-state index in [1.165, 1.54) is 18.2 Å². The van der Waals surface area contributed by atoms with Gasteiger partial charge in [0.2, 0.25) is 10.2 Å². The van der Waals surface area contributed by atoms with Crippen molar-refractivity contribution in [3.8, 4) is 22.3 Å². The van der Waals surface area contributed by atoms with Crippen molar-refractivity contribution in [2.45, 2.75) is 9.79 Å². The first-order valence-electron chi connectivity index (χ1n) is 10.1. The van der Waals surface area contributed by atoms with Gasteiger partial charge in [-0.2, -0.15) is 0 Å². The average molecular weight is 471 g/mol. The average Bonchev–Trinajstić information content (AvgIpc) is 2.84. The molecular weight excluding hydrogens is 451 g/mol. The predicted molar refractivity (Wildman–Crippen MR) is 137 cm³/mol. The molecule has 0 aliphatic rings. The van der Waals surface area contributed by atoms with Gasteiger partial charge in [-0.05, 0) is 105 Å². The van der Waals surface area contributed by atoms with E-state index < -0.39 is 5.82 Å². The summed E-state index contributed by atoms with van der Waals surface area (Å²) in [6, 6.07) is 24.9. The smallest absolute Gasteiger partial charge is 0.216 e. The highest BCUT2D eigenvalue weighted by molar-refractivity contribution is 8.14. The van der Waals surface area contributed by atoms with Crippen LogP contribution in [0.4, 0.5) is 4.39 Å². The van der Waals surface area contributed by atoms with Crippen molar-refractivity contribution in [2.24, 2.45) is 0 Å². The third kappa shape index (κ3) is 5.33. The lowest BCUT2D eigenvalue weighted by atomic mass is 9.98. The standard InChI is InChI=1S/C28H19FO2S2/c1-3-27(30)32-24-12-9-18(10-13-24)19-5-6-21-16-22(8-7-20(21)15-19)23-11-14-26(25(29)17-23)33-28(31)4-2/h3-17H,1-2H2. The summed E-state index contributed by atoms with van der Waals surface area (Å²) in [7, 11) is 0. The van der Waals surface area contributed by atoms with Gasteiger partial charge in [-0.15, -0.1) is 0 Å². The van der Waals surface area contributed by atoms with Crippen LogP contribution in [-0.4, -0.2) is 10.2 Å². The van der Waals surface area contributed by atoms with Crippen LogP contribution < -0.4 is 0 Å². The molecule has 0 N–H and O–H groups in total. The first-order chi connectivity index (χ1) is 16.0. The molecule has 162 valence electrons. The molecule has 0 radical (unpaired) electrons. The summed E-state index contributed by atoms with van der Waals surface area (Å²) in [5, 5.41) is 1.74. The first kappa shape index (κ1) is 22.8. The van der Waals surface area contributed by atoms with Crippen molar-refractivity contribution in [3.63, 3.8) is 0 Å². The van der Waals surface area contributed by atoms with Crippen molar-refractivity contribution in [2.75, 3.05) is 0 Å². The van der Waals surface area contributed by atoms with Crippen LogP contribution in [0.15, 0.2) is 114 Å². The second kappa shape index (κ2) is 10.0. The van der Waals surface area contributed by atoms with E-state index in [0.29, 0.717) is 0 Å². The Morgan fingerprint density at radius 2 is 1.12 bits per heavy atom. The molecule has 0 atom stereocenters. The minimum Gasteiger partial charge on any atom is -0.282 e. The summed E-state index contributed by atoms with van der Waals surface area (Å²) in [6.45, 7) is 6.91. The number of carbonyl (C=O) groups excluding carboxylic acids is 2. The molecule has 0 saturated carbocycles. The zero-order chi connectivity index (χ0) is 23.4. The van der Waals surface area contributed by atoms with Crippen molar-refractivity contribution in [1.82, 2.24) is 0 Å². The Morgan fingerprint density at radius 3 is 1.70 bits per heavy atom. The van der Waals surface area contributed by atoms with E-state index in [1.807, 2.05) is 60.7 Å². The summed E-state index contributed by atoms with van der Waals surface area (Å²) in [4.78, 5) is 24.2. The number of thioether (sulfide) groups is 2. The molecule has 0 heterocycles.